The van der Waals surface area contributed by atoms with Crippen molar-refractivity contribution in [1.29, 1.82) is 0 Å². The number of ether oxygens (including phenoxy) is 1. The Labute approximate surface area is 90.2 Å². The predicted octanol–water partition coefficient (Wildman–Crippen LogP) is 2.94. The molecule has 0 aromatic heterocycles. The highest BCUT2D eigenvalue weighted by Gasteiger charge is 2.28. The monoisotopic (exact) mass is 235 g/mol. The van der Waals surface area contributed by atoms with E-state index in [2.05, 4.69) is 0 Å². The van der Waals surface area contributed by atoms with E-state index in [1.54, 1.807) is 0 Å². The number of hydrogen-bond acceptors (Lipinski definition) is 1. The molecule has 0 bridgehead atoms. The molecule has 1 aromatic rings. The standard InChI is InChI=1S/C9H8BClF3O/c11-8-4-1-6(10(12,13)14)5-9(8)15-7-2-3-7/h1,4-5,7H,2-3H2/q-1. The first-order valence-electron chi connectivity index (χ1n) is 4.63. The van der Waals surface area contributed by atoms with Crippen LogP contribution in [0.2, 0.25) is 5.02 Å². The Balaban J connectivity index is 2.27. The van der Waals surface area contributed by atoms with Gasteiger partial charge in [0.1, 0.15) is 5.75 Å². The third kappa shape index (κ3) is 2.59. The molecule has 0 amide bonds. The minimum absolute atomic E-state index is 0.0403. The second-order valence-corrected chi connectivity index (χ2v) is 3.99. The van der Waals surface area contributed by atoms with Gasteiger partial charge in [-0.2, -0.15) is 0 Å². The van der Waals surface area contributed by atoms with Crippen molar-refractivity contribution in [3.8, 4) is 5.75 Å². The molecule has 0 saturated heterocycles. The van der Waals surface area contributed by atoms with Crippen LogP contribution < -0.4 is 10.2 Å². The van der Waals surface area contributed by atoms with Crippen molar-refractivity contribution in [3.05, 3.63) is 23.2 Å². The third-order valence-corrected chi connectivity index (χ3v) is 2.46. The molecule has 1 aliphatic carbocycles. The largest absolute Gasteiger partial charge is 0.509 e. The van der Waals surface area contributed by atoms with Gasteiger partial charge < -0.3 is 17.7 Å². The topological polar surface area (TPSA) is 9.23 Å². The van der Waals surface area contributed by atoms with Crippen LogP contribution in [0.1, 0.15) is 12.8 Å². The van der Waals surface area contributed by atoms with Gasteiger partial charge in [-0.1, -0.05) is 17.7 Å². The first-order valence-corrected chi connectivity index (χ1v) is 5.00. The predicted molar refractivity (Wildman–Crippen MR) is 53.8 cm³/mol. The molecule has 0 aliphatic heterocycles. The van der Waals surface area contributed by atoms with Crippen LogP contribution in [0, 0.1) is 0 Å². The van der Waals surface area contributed by atoms with Crippen LogP contribution in [0.5, 0.6) is 5.75 Å². The van der Waals surface area contributed by atoms with Gasteiger partial charge in [-0.15, -0.1) is 5.46 Å². The lowest BCUT2D eigenvalue weighted by molar-refractivity contribution is 0.303. The minimum Gasteiger partial charge on any atom is -0.489 e. The molecule has 1 aromatic carbocycles. The summed E-state index contributed by atoms with van der Waals surface area (Å²) in [7, 11) is 0. The molecule has 1 aliphatic rings. The molecule has 1 nitrogen and oxygen atoms in total. The van der Waals surface area contributed by atoms with Gasteiger partial charge in [0.05, 0.1) is 11.1 Å². The first-order chi connectivity index (χ1) is 6.97. The van der Waals surface area contributed by atoms with Crippen molar-refractivity contribution < 1.29 is 17.7 Å². The van der Waals surface area contributed by atoms with E-state index >= 15 is 0 Å². The molecule has 0 N–H and O–H groups in total. The Morgan fingerprint density at radius 3 is 2.47 bits per heavy atom. The highest BCUT2D eigenvalue weighted by atomic mass is 35.5. The second-order valence-electron chi connectivity index (χ2n) is 3.58. The molecule has 0 atom stereocenters. The molecule has 15 heavy (non-hydrogen) atoms. The van der Waals surface area contributed by atoms with Crippen LogP contribution in [-0.2, 0) is 0 Å². The van der Waals surface area contributed by atoms with Crippen LogP contribution >= 0.6 is 11.6 Å². The zero-order valence-corrected chi connectivity index (χ0v) is 8.48. The third-order valence-electron chi connectivity index (χ3n) is 2.15. The van der Waals surface area contributed by atoms with E-state index in [1.165, 1.54) is 6.07 Å². The highest BCUT2D eigenvalue weighted by Crippen LogP contribution is 2.31. The van der Waals surface area contributed by atoms with Gasteiger partial charge in [-0.3, -0.25) is 0 Å². The molecule has 1 saturated carbocycles. The summed E-state index contributed by atoms with van der Waals surface area (Å²) < 4.78 is 42.5. The number of halogens is 4. The molecule has 6 heteroatoms. The summed E-state index contributed by atoms with van der Waals surface area (Å²) in [5, 5.41) is 0.228. The summed E-state index contributed by atoms with van der Waals surface area (Å²) in [4.78, 5) is 0. The molecule has 0 spiro atoms. The van der Waals surface area contributed by atoms with Gasteiger partial charge in [-0.25, -0.2) is 0 Å². The summed E-state index contributed by atoms with van der Waals surface area (Å²) in [5.74, 6) is 0.135. The van der Waals surface area contributed by atoms with Crippen molar-refractivity contribution in [2.75, 3.05) is 0 Å². The van der Waals surface area contributed by atoms with Crippen LogP contribution in [0.3, 0.4) is 0 Å². The Bertz CT molecular complexity index is 376. The zero-order valence-electron chi connectivity index (χ0n) is 7.72. The van der Waals surface area contributed by atoms with E-state index in [9.17, 15) is 12.9 Å². The Morgan fingerprint density at radius 2 is 1.93 bits per heavy atom. The van der Waals surface area contributed by atoms with Crippen LogP contribution in [0.15, 0.2) is 18.2 Å². The quantitative estimate of drug-likeness (QED) is 0.732. The fourth-order valence-corrected chi connectivity index (χ4v) is 1.34. The van der Waals surface area contributed by atoms with Crippen molar-refractivity contribution in [1.82, 2.24) is 0 Å². The lowest BCUT2D eigenvalue weighted by Gasteiger charge is -2.16. The van der Waals surface area contributed by atoms with E-state index in [1.807, 2.05) is 0 Å². The Morgan fingerprint density at radius 1 is 1.27 bits per heavy atom. The lowest BCUT2D eigenvalue weighted by Crippen LogP contribution is -2.33. The van der Waals surface area contributed by atoms with Gasteiger partial charge in [0.2, 0.25) is 0 Å². The van der Waals surface area contributed by atoms with Gasteiger partial charge in [0, 0.05) is 0 Å². The van der Waals surface area contributed by atoms with Crippen LogP contribution in [-0.4, -0.2) is 13.1 Å². The molecule has 82 valence electrons. The van der Waals surface area contributed by atoms with Crippen molar-refractivity contribution in [2.24, 2.45) is 0 Å². The number of benzene rings is 1. The molecular formula is C9H8BClF3O-. The minimum atomic E-state index is -4.99. The fraction of sp³-hybridized carbons (Fsp3) is 0.333. The Hall–Kier alpha value is -0.835. The summed E-state index contributed by atoms with van der Waals surface area (Å²) in [6.45, 7) is -4.99. The van der Waals surface area contributed by atoms with Gasteiger partial charge in [0.15, 0.2) is 0 Å². The SMILES string of the molecule is F[B-](F)(F)c1ccc(Cl)c(OC2CC2)c1. The van der Waals surface area contributed by atoms with Crippen molar-refractivity contribution in [2.45, 2.75) is 18.9 Å². The van der Waals surface area contributed by atoms with Gasteiger partial charge in [-0.05, 0) is 25.0 Å². The molecule has 1 fully saturated rings. The van der Waals surface area contributed by atoms with Crippen LogP contribution in [0.4, 0.5) is 12.9 Å². The summed E-state index contributed by atoms with van der Waals surface area (Å²) in [6.07, 6.45) is 1.81. The summed E-state index contributed by atoms with van der Waals surface area (Å²) >= 11 is 5.73. The molecule has 0 radical (unpaired) electrons. The van der Waals surface area contributed by atoms with Crippen LogP contribution in [0.25, 0.3) is 0 Å². The maximum atomic E-state index is 12.4. The van der Waals surface area contributed by atoms with Crippen molar-refractivity contribution >= 4 is 24.0 Å². The number of hydrogen-bond donors (Lipinski definition) is 0. The molecule has 2 rings (SSSR count). The van der Waals surface area contributed by atoms with Gasteiger partial charge >= 0.3 is 6.98 Å². The summed E-state index contributed by atoms with van der Waals surface area (Å²) in [6, 6.07) is 3.17. The average Bonchev–Trinajstić information content (AvgIpc) is 2.90. The Kier molecular flexibility index (Phi) is 2.58. The smallest absolute Gasteiger partial charge is 0.489 e. The molecule has 0 heterocycles. The average molecular weight is 235 g/mol. The van der Waals surface area contributed by atoms with E-state index in [0.29, 0.717) is 0 Å². The maximum Gasteiger partial charge on any atom is 0.509 e. The van der Waals surface area contributed by atoms with E-state index in [4.69, 9.17) is 16.3 Å². The normalized spacial score (nSPS) is 16.5. The second kappa shape index (κ2) is 3.63. The van der Waals surface area contributed by atoms with Crippen molar-refractivity contribution in [3.63, 3.8) is 0 Å². The number of rotatable bonds is 3. The van der Waals surface area contributed by atoms with E-state index in [-0.39, 0.29) is 16.9 Å². The van der Waals surface area contributed by atoms with E-state index in [0.717, 1.165) is 25.0 Å². The molecular weight excluding hydrogens is 227 g/mol. The fourth-order valence-electron chi connectivity index (χ4n) is 1.18. The highest BCUT2D eigenvalue weighted by molar-refractivity contribution is 6.73. The molecule has 0 unspecified atom stereocenters. The van der Waals surface area contributed by atoms with E-state index < -0.39 is 12.4 Å². The first kappa shape index (κ1) is 10.7. The van der Waals surface area contributed by atoms with Gasteiger partial charge in [0.25, 0.3) is 0 Å². The zero-order chi connectivity index (χ0) is 11.1. The lowest BCUT2D eigenvalue weighted by atomic mass is 9.80. The summed E-state index contributed by atoms with van der Waals surface area (Å²) in [5.41, 5.74) is -0.671. The maximum absolute atomic E-state index is 12.4.